The van der Waals surface area contributed by atoms with Crippen LogP contribution in [0.2, 0.25) is 0 Å². The van der Waals surface area contributed by atoms with Crippen molar-refractivity contribution in [2.45, 2.75) is 58.2 Å². The van der Waals surface area contributed by atoms with Crippen molar-refractivity contribution in [1.29, 1.82) is 0 Å². The highest BCUT2D eigenvalue weighted by Crippen LogP contribution is 2.11. The van der Waals surface area contributed by atoms with Gasteiger partial charge in [0, 0.05) is 12.5 Å². The Morgan fingerprint density at radius 2 is 2.12 bits per heavy atom. The lowest BCUT2D eigenvalue weighted by atomic mass is 10.00. The van der Waals surface area contributed by atoms with Gasteiger partial charge in [-0.2, -0.15) is 0 Å². The molecule has 0 aromatic heterocycles. The van der Waals surface area contributed by atoms with Crippen LogP contribution >= 0.6 is 0 Å². The highest BCUT2D eigenvalue weighted by molar-refractivity contribution is 5.77. The van der Waals surface area contributed by atoms with Crippen molar-refractivity contribution in [2.75, 3.05) is 0 Å². The molecule has 0 aromatic rings. The Hall–Kier alpha value is -1.26. The Bertz CT molecular complexity index is 283. The number of piperidine rings is 1. The molecule has 0 radical (unpaired) electrons. The van der Waals surface area contributed by atoms with Crippen LogP contribution in [0.15, 0.2) is 0 Å². The summed E-state index contributed by atoms with van der Waals surface area (Å²) in [4.78, 5) is 22.6. The molecule has 1 fully saturated rings. The molecule has 2 atom stereocenters. The van der Waals surface area contributed by atoms with Crippen LogP contribution in [-0.2, 0) is 9.53 Å². The fraction of sp³-hybridized carbons (Fsp3) is 0.818. The molecule has 1 rings (SSSR count). The van der Waals surface area contributed by atoms with Gasteiger partial charge in [-0.25, -0.2) is 4.79 Å². The summed E-state index contributed by atoms with van der Waals surface area (Å²) < 4.78 is 5.15. The molecule has 16 heavy (non-hydrogen) atoms. The third-order valence-corrected chi connectivity index (χ3v) is 2.38. The first-order valence-electron chi connectivity index (χ1n) is 5.57. The van der Waals surface area contributed by atoms with Crippen LogP contribution in [0.1, 0.15) is 40.5 Å². The Labute approximate surface area is 95.9 Å². The van der Waals surface area contributed by atoms with Crippen molar-refractivity contribution in [2.24, 2.45) is 0 Å². The molecule has 0 bridgehead atoms. The molecule has 0 spiro atoms. The molecular weight excluding hydrogens is 208 g/mol. The zero-order valence-corrected chi connectivity index (χ0v) is 10.3. The van der Waals surface area contributed by atoms with Crippen molar-refractivity contribution in [3.05, 3.63) is 0 Å². The minimum atomic E-state index is -0.495. The van der Waals surface area contributed by atoms with E-state index in [0.29, 0.717) is 12.8 Å². The van der Waals surface area contributed by atoms with Gasteiger partial charge >= 0.3 is 6.09 Å². The van der Waals surface area contributed by atoms with Crippen LogP contribution in [0.25, 0.3) is 0 Å². The molecule has 5 heteroatoms. The maximum Gasteiger partial charge on any atom is 0.407 e. The summed E-state index contributed by atoms with van der Waals surface area (Å²) in [5.74, 6) is 0.0368. The highest BCUT2D eigenvalue weighted by atomic mass is 16.6. The Balaban J connectivity index is 2.42. The monoisotopic (exact) mass is 228 g/mol. The fourth-order valence-electron chi connectivity index (χ4n) is 1.62. The van der Waals surface area contributed by atoms with Gasteiger partial charge in [0.2, 0.25) is 5.91 Å². The number of alkyl carbamates (subject to hydrolysis) is 1. The van der Waals surface area contributed by atoms with Gasteiger partial charge in [0.1, 0.15) is 5.60 Å². The van der Waals surface area contributed by atoms with Gasteiger partial charge in [-0.3, -0.25) is 4.79 Å². The number of amides is 2. The predicted octanol–water partition coefficient (Wildman–Crippen LogP) is 1.18. The van der Waals surface area contributed by atoms with E-state index in [9.17, 15) is 9.59 Å². The lowest BCUT2D eigenvalue weighted by molar-refractivity contribution is -0.123. The molecule has 1 heterocycles. The molecular formula is C11H20N2O3. The zero-order chi connectivity index (χ0) is 12.3. The topological polar surface area (TPSA) is 67.4 Å². The van der Waals surface area contributed by atoms with Gasteiger partial charge in [-0.05, 0) is 34.1 Å². The molecule has 92 valence electrons. The van der Waals surface area contributed by atoms with Crippen LogP contribution in [0.5, 0.6) is 0 Å². The summed E-state index contributed by atoms with van der Waals surface area (Å²) in [6, 6.07) is -0.0960. The van der Waals surface area contributed by atoms with Crippen LogP contribution in [0.4, 0.5) is 4.79 Å². The van der Waals surface area contributed by atoms with E-state index >= 15 is 0 Å². The molecule has 2 N–H and O–H groups in total. The number of hydrogen-bond donors (Lipinski definition) is 2. The van der Waals surface area contributed by atoms with E-state index in [1.165, 1.54) is 0 Å². The molecule has 5 nitrogen and oxygen atoms in total. The van der Waals surface area contributed by atoms with Crippen molar-refractivity contribution in [1.82, 2.24) is 10.6 Å². The summed E-state index contributed by atoms with van der Waals surface area (Å²) in [7, 11) is 0. The molecule has 0 aliphatic carbocycles. The molecule has 1 aliphatic heterocycles. The summed E-state index contributed by atoms with van der Waals surface area (Å²) in [6.07, 6.45) is 0.678. The minimum absolute atomic E-state index is 0.0368. The van der Waals surface area contributed by atoms with E-state index in [0.717, 1.165) is 0 Å². The third kappa shape index (κ3) is 4.08. The van der Waals surface area contributed by atoms with E-state index in [1.807, 2.05) is 27.7 Å². The molecule has 2 amide bonds. The highest BCUT2D eigenvalue weighted by Gasteiger charge is 2.28. The van der Waals surface area contributed by atoms with Crippen molar-refractivity contribution >= 4 is 12.0 Å². The summed E-state index contributed by atoms with van der Waals surface area (Å²) >= 11 is 0. The van der Waals surface area contributed by atoms with E-state index in [1.54, 1.807) is 0 Å². The zero-order valence-electron chi connectivity index (χ0n) is 10.3. The Kier molecular flexibility index (Phi) is 3.78. The molecule has 1 aliphatic rings. The smallest absolute Gasteiger partial charge is 0.407 e. The van der Waals surface area contributed by atoms with E-state index in [4.69, 9.17) is 4.74 Å². The Morgan fingerprint density at radius 3 is 2.62 bits per heavy atom. The fourth-order valence-corrected chi connectivity index (χ4v) is 1.62. The van der Waals surface area contributed by atoms with E-state index in [-0.39, 0.29) is 18.0 Å². The first-order valence-corrected chi connectivity index (χ1v) is 5.57. The SMILES string of the molecule is C[C@@H]1NC(=O)CC[C@H]1NC(=O)OC(C)(C)C. The number of ether oxygens (including phenoxy) is 1. The number of carbonyl (C=O) groups is 2. The maximum absolute atomic E-state index is 11.5. The Morgan fingerprint density at radius 1 is 1.50 bits per heavy atom. The lowest BCUT2D eigenvalue weighted by Gasteiger charge is -2.31. The lowest BCUT2D eigenvalue weighted by Crippen LogP contribution is -2.54. The third-order valence-electron chi connectivity index (χ3n) is 2.38. The van der Waals surface area contributed by atoms with Gasteiger partial charge < -0.3 is 15.4 Å². The minimum Gasteiger partial charge on any atom is -0.444 e. The van der Waals surface area contributed by atoms with Crippen LogP contribution in [0, 0.1) is 0 Å². The number of nitrogens with one attached hydrogen (secondary N) is 2. The van der Waals surface area contributed by atoms with Crippen LogP contribution < -0.4 is 10.6 Å². The average Bonchev–Trinajstić information content (AvgIpc) is 2.06. The molecule has 1 saturated heterocycles. The summed E-state index contributed by atoms with van der Waals surface area (Å²) in [6.45, 7) is 7.33. The van der Waals surface area contributed by atoms with Crippen molar-refractivity contribution in [3.8, 4) is 0 Å². The quantitative estimate of drug-likeness (QED) is 0.708. The molecule has 0 aromatic carbocycles. The molecule has 0 unspecified atom stereocenters. The molecule has 0 saturated carbocycles. The van der Waals surface area contributed by atoms with Crippen molar-refractivity contribution < 1.29 is 14.3 Å². The largest absolute Gasteiger partial charge is 0.444 e. The number of rotatable bonds is 1. The van der Waals surface area contributed by atoms with Gasteiger partial charge in [0.25, 0.3) is 0 Å². The van der Waals surface area contributed by atoms with Crippen LogP contribution in [0.3, 0.4) is 0 Å². The normalized spacial score (nSPS) is 25.9. The first-order chi connectivity index (χ1) is 7.28. The average molecular weight is 228 g/mol. The van der Waals surface area contributed by atoms with Gasteiger partial charge in [0.05, 0.1) is 6.04 Å². The van der Waals surface area contributed by atoms with Crippen LogP contribution in [-0.4, -0.2) is 29.7 Å². The van der Waals surface area contributed by atoms with Crippen molar-refractivity contribution in [3.63, 3.8) is 0 Å². The van der Waals surface area contributed by atoms with Gasteiger partial charge in [-0.1, -0.05) is 0 Å². The second kappa shape index (κ2) is 4.72. The van der Waals surface area contributed by atoms with Gasteiger partial charge in [-0.15, -0.1) is 0 Å². The van der Waals surface area contributed by atoms with Gasteiger partial charge in [0.15, 0.2) is 0 Å². The summed E-state index contributed by atoms with van der Waals surface area (Å²) in [5, 5.41) is 5.56. The number of hydrogen-bond acceptors (Lipinski definition) is 3. The summed E-state index contributed by atoms with van der Waals surface area (Å²) in [5.41, 5.74) is -0.495. The second-order valence-corrected chi connectivity index (χ2v) is 5.15. The van der Waals surface area contributed by atoms with E-state index < -0.39 is 11.7 Å². The standard InChI is InChI=1S/C11H20N2O3/c1-7-8(5-6-9(14)12-7)13-10(15)16-11(2,3)4/h7-8H,5-6H2,1-4H3,(H,12,14)(H,13,15)/t7-,8+/m0/s1. The maximum atomic E-state index is 11.5. The van der Waals surface area contributed by atoms with E-state index in [2.05, 4.69) is 10.6 Å². The number of carbonyl (C=O) groups excluding carboxylic acids is 2. The first kappa shape index (κ1) is 12.8. The predicted molar refractivity (Wildman–Crippen MR) is 60.0 cm³/mol. The second-order valence-electron chi connectivity index (χ2n) is 5.15.